The first-order chi connectivity index (χ1) is 10.3. The smallest absolute Gasteiger partial charge is 0.235 e. The topological polar surface area (TPSA) is 82.0 Å². The second-order valence-corrected chi connectivity index (χ2v) is 5.41. The van der Waals surface area contributed by atoms with E-state index in [1.54, 1.807) is 16.9 Å². The van der Waals surface area contributed by atoms with Gasteiger partial charge in [-0.25, -0.2) is 0 Å². The Kier molecular flexibility index (Phi) is 2.65. The van der Waals surface area contributed by atoms with Gasteiger partial charge in [0.2, 0.25) is 4.96 Å². The molecule has 6 nitrogen and oxygen atoms in total. The van der Waals surface area contributed by atoms with Gasteiger partial charge < -0.3 is 5.73 Å². The second-order valence-electron chi connectivity index (χ2n) is 4.45. The zero-order valence-corrected chi connectivity index (χ0v) is 11.7. The molecule has 0 atom stereocenters. The molecule has 0 aliphatic carbocycles. The van der Waals surface area contributed by atoms with Crippen molar-refractivity contribution in [2.75, 3.05) is 5.73 Å². The van der Waals surface area contributed by atoms with Crippen LogP contribution in [0.15, 0.2) is 48.8 Å². The van der Waals surface area contributed by atoms with Crippen molar-refractivity contribution in [2.24, 2.45) is 0 Å². The molecule has 7 heteroatoms. The Balaban J connectivity index is 1.89. The summed E-state index contributed by atoms with van der Waals surface area (Å²) >= 11 is 1.45. The zero-order valence-electron chi connectivity index (χ0n) is 10.8. The molecule has 0 unspecified atom stereocenters. The lowest BCUT2D eigenvalue weighted by atomic mass is 10.2. The summed E-state index contributed by atoms with van der Waals surface area (Å²) in [4.78, 5) is 4.73. The molecule has 0 spiro atoms. The molecule has 21 heavy (non-hydrogen) atoms. The van der Waals surface area contributed by atoms with Gasteiger partial charge in [0.05, 0.1) is 11.9 Å². The molecule has 102 valence electrons. The van der Waals surface area contributed by atoms with Gasteiger partial charge in [-0.05, 0) is 6.07 Å². The van der Waals surface area contributed by atoms with Crippen molar-refractivity contribution in [3.8, 4) is 22.0 Å². The molecule has 3 heterocycles. The first kappa shape index (κ1) is 12.0. The van der Waals surface area contributed by atoms with Crippen LogP contribution in [0.2, 0.25) is 0 Å². The predicted molar refractivity (Wildman–Crippen MR) is 81.7 cm³/mol. The Labute approximate surface area is 123 Å². The van der Waals surface area contributed by atoms with Gasteiger partial charge in [0.15, 0.2) is 5.82 Å². The number of fused-ring (bicyclic) bond motifs is 1. The number of pyridine rings is 1. The van der Waals surface area contributed by atoms with Gasteiger partial charge in [-0.3, -0.25) is 4.98 Å². The van der Waals surface area contributed by atoms with Crippen LogP contribution in [-0.2, 0) is 0 Å². The largest absolute Gasteiger partial charge is 0.397 e. The number of nitrogen functional groups attached to an aromatic ring is 1. The summed E-state index contributed by atoms with van der Waals surface area (Å²) in [5, 5.41) is 13.8. The number of aromatic nitrogens is 5. The fourth-order valence-electron chi connectivity index (χ4n) is 2.09. The van der Waals surface area contributed by atoms with Crippen molar-refractivity contribution in [3.05, 3.63) is 48.8 Å². The standard InChI is InChI=1S/C14H10N6S/c15-11-8-16-7-6-10(11)13-19-20-12(17-18-14(20)21-13)9-4-2-1-3-5-9/h1-8H,15H2. The molecule has 4 aromatic rings. The van der Waals surface area contributed by atoms with Crippen LogP contribution in [0.25, 0.3) is 26.9 Å². The van der Waals surface area contributed by atoms with Crippen LogP contribution in [0.5, 0.6) is 0 Å². The Bertz CT molecular complexity index is 912. The zero-order chi connectivity index (χ0) is 14.2. The number of hydrogen-bond donors (Lipinski definition) is 1. The maximum Gasteiger partial charge on any atom is 0.235 e. The summed E-state index contributed by atoms with van der Waals surface area (Å²) in [6.45, 7) is 0. The molecular weight excluding hydrogens is 284 g/mol. The van der Waals surface area contributed by atoms with Gasteiger partial charge in [0.1, 0.15) is 5.01 Å². The van der Waals surface area contributed by atoms with Gasteiger partial charge in [-0.1, -0.05) is 41.7 Å². The van der Waals surface area contributed by atoms with Gasteiger partial charge in [-0.15, -0.1) is 10.2 Å². The lowest BCUT2D eigenvalue weighted by molar-refractivity contribution is 0.970. The summed E-state index contributed by atoms with van der Waals surface area (Å²) in [6.07, 6.45) is 3.32. The monoisotopic (exact) mass is 294 g/mol. The summed E-state index contributed by atoms with van der Waals surface area (Å²) in [6, 6.07) is 11.7. The van der Waals surface area contributed by atoms with Crippen LogP contribution in [0.1, 0.15) is 0 Å². The quantitative estimate of drug-likeness (QED) is 0.614. The van der Waals surface area contributed by atoms with Gasteiger partial charge in [0, 0.05) is 17.3 Å². The Hall–Kier alpha value is -2.80. The van der Waals surface area contributed by atoms with Gasteiger partial charge in [0.25, 0.3) is 0 Å². The molecular formula is C14H10N6S. The van der Waals surface area contributed by atoms with Crippen LogP contribution < -0.4 is 5.73 Å². The van der Waals surface area contributed by atoms with E-state index in [1.165, 1.54) is 11.3 Å². The fraction of sp³-hybridized carbons (Fsp3) is 0. The normalized spacial score (nSPS) is 11.0. The lowest BCUT2D eigenvalue weighted by Crippen LogP contribution is -1.93. The van der Waals surface area contributed by atoms with Crippen LogP contribution in [0.3, 0.4) is 0 Å². The van der Waals surface area contributed by atoms with E-state index in [2.05, 4.69) is 20.3 Å². The van der Waals surface area contributed by atoms with Crippen molar-refractivity contribution in [3.63, 3.8) is 0 Å². The Morgan fingerprint density at radius 2 is 1.90 bits per heavy atom. The van der Waals surface area contributed by atoms with Crippen LogP contribution in [-0.4, -0.2) is 24.8 Å². The molecule has 0 saturated carbocycles. The average molecular weight is 294 g/mol. The predicted octanol–water partition coefficient (Wildman–Crippen LogP) is 2.50. The minimum Gasteiger partial charge on any atom is -0.397 e. The van der Waals surface area contributed by atoms with Crippen molar-refractivity contribution in [1.29, 1.82) is 0 Å². The van der Waals surface area contributed by atoms with E-state index in [4.69, 9.17) is 5.73 Å². The van der Waals surface area contributed by atoms with Crippen molar-refractivity contribution in [1.82, 2.24) is 24.8 Å². The third-order valence-corrected chi connectivity index (χ3v) is 4.04. The third kappa shape index (κ3) is 1.95. The average Bonchev–Trinajstić information content (AvgIpc) is 3.08. The highest BCUT2D eigenvalue weighted by Gasteiger charge is 2.15. The molecule has 0 fully saturated rings. The van der Waals surface area contributed by atoms with Crippen molar-refractivity contribution < 1.29 is 0 Å². The number of rotatable bonds is 2. The highest BCUT2D eigenvalue weighted by atomic mass is 32.1. The van der Waals surface area contributed by atoms with Crippen LogP contribution >= 0.6 is 11.3 Å². The maximum absolute atomic E-state index is 5.95. The van der Waals surface area contributed by atoms with Crippen LogP contribution in [0, 0.1) is 0 Å². The minimum absolute atomic E-state index is 0.601. The molecule has 3 aromatic heterocycles. The highest BCUT2D eigenvalue weighted by Crippen LogP contribution is 2.30. The summed E-state index contributed by atoms with van der Waals surface area (Å²) in [7, 11) is 0. The molecule has 1 aromatic carbocycles. The Morgan fingerprint density at radius 3 is 2.71 bits per heavy atom. The highest BCUT2D eigenvalue weighted by molar-refractivity contribution is 7.19. The maximum atomic E-state index is 5.95. The first-order valence-corrected chi connectivity index (χ1v) is 7.12. The van der Waals surface area contributed by atoms with E-state index in [0.29, 0.717) is 5.69 Å². The van der Waals surface area contributed by atoms with E-state index in [9.17, 15) is 0 Å². The molecule has 4 rings (SSSR count). The number of nitrogens with zero attached hydrogens (tertiary/aromatic N) is 5. The minimum atomic E-state index is 0.601. The van der Waals surface area contributed by atoms with Gasteiger partial charge >= 0.3 is 0 Å². The summed E-state index contributed by atoms with van der Waals surface area (Å²) in [5.74, 6) is 0.723. The summed E-state index contributed by atoms with van der Waals surface area (Å²) in [5.41, 5.74) is 8.39. The van der Waals surface area contributed by atoms with E-state index < -0.39 is 0 Å². The van der Waals surface area contributed by atoms with Crippen molar-refractivity contribution >= 4 is 22.0 Å². The number of benzene rings is 1. The molecule has 0 aliphatic heterocycles. The third-order valence-electron chi connectivity index (χ3n) is 3.11. The fourth-order valence-corrected chi connectivity index (χ4v) is 2.98. The molecule has 0 saturated heterocycles. The number of nitrogens with two attached hydrogens (primary N) is 1. The molecule has 2 N–H and O–H groups in total. The number of hydrogen-bond acceptors (Lipinski definition) is 6. The summed E-state index contributed by atoms with van der Waals surface area (Å²) < 4.78 is 1.75. The van der Waals surface area contributed by atoms with Gasteiger partial charge in [-0.2, -0.15) is 9.61 Å². The Morgan fingerprint density at radius 1 is 1.05 bits per heavy atom. The van der Waals surface area contributed by atoms with Crippen LogP contribution in [0.4, 0.5) is 5.69 Å². The van der Waals surface area contributed by atoms with Crippen molar-refractivity contribution in [2.45, 2.75) is 0 Å². The molecule has 0 amide bonds. The SMILES string of the molecule is Nc1cnccc1-c1nn2c(-c3ccccc3)nnc2s1. The molecule has 0 aliphatic rings. The van der Waals surface area contributed by atoms with E-state index in [-0.39, 0.29) is 0 Å². The molecule has 0 radical (unpaired) electrons. The van der Waals surface area contributed by atoms with E-state index in [0.717, 1.165) is 26.9 Å². The second kappa shape index (κ2) is 4.64. The molecule has 0 bridgehead atoms. The van der Waals surface area contributed by atoms with E-state index >= 15 is 0 Å². The first-order valence-electron chi connectivity index (χ1n) is 6.30. The number of anilines is 1. The lowest BCUT2D eigenvalue weighted by Gasteiger charge is -1.99. The van der Waals surface area contributed by atoms with E-state index in [1.807, 2.05) is 36.4 Å².